The quantitative estimate of drug-likeness (QED) is 0.909. The maximum atomic E-state index is 3.53. The van der Waals surface area contributed by atoms with Crippen molar-refractivity contribution in [2.45, 2.75) is 30.4 Å². The number of rotatable bonds is 3. The van der Waals surface area contributed by atoms with Crippen molar-refractivity contribution in [3.8, 4) is 0 Å². The summed E-state index contributed by atoms with van der Waals surface area (Å²) in [4.78, 5) is 1.45. The van der Waals surface area contributed by atoms with Gasteiger partial charge in [0.05, 0.1) is 0 Å². The Morgan fingerprint density at radius 2 is 1.89 bits per heavy atom. The van der Waals surface area contributed by atoms with Gasteiger partial charge in [-0.1, -0.05) is 18.2 Å². The number of nitrogens with one attached hydrogen (secondary N) is 1. The summed E-state index contributed by atoms with van der Waals surface area (Å²) in [5.74, 6) is 0. The zero-order valence-electron chi connectivity index (χ0n) is 10.8. The first-order valence-corrected chi connectivity index (χ1v) is 7.25. The van der Waals surface area contributed by atoms with Gasteiger partial charge in [-0.05, 0) is 44.0 Å². The van der Waals surface area contributed by atoms with E-state index < -0.39 is 0 Å². The van der Waals surface area contributed by atoms with Crippen molar-refractivity contribution in [1.82, 2.24) is 4.68 Å². The molecule has 2 aromatic rings. The SMILES string of the molecule is Cc1ccc(C)n1NCC1Cc2ccccc2S1. The van der Waals surface area contributed by atoms with Crippen LogP contribution in [0.3, 0.4) is 0 Å². The lowest BCUT2D eigenvalue weighted by atomic mass is 10.1. The zero-order valence-corrected chi connectivity index (χ0v) is 11.6. The highest BCUT2D eigenvalue weighted by Crippen LogP contribution is 2.36. The van der Waals surface area contributed by atoms with E-state index in [1.807, 2.05) is 11.8 Å². The van der Waals surface area contributed by atoms with E-state index in [-0.39, 0.29) is 0 Å². The molecular formula is C15H18N2S. The molecule has 2 nitrogen and oxygen atoms in total. The Morgan fingerprint density at radius 1 is 1.17 bits per heavy atom. The van der Waals surface area contributed by atoms with Crippen LogP contribution in [0.1, 0.15) is 17.0 Å². The summed E-state index contributed by atoms with van der Waals surface area (Å²) in [7, 11) is 0. The van der Waals surface area contributed by atoms with Gasteiger partial charge < -0.3 is 5.43 Å². The number of hydrogen-bond donors (Lipinski definition) is 1. The highest BCUT2D eigenvalue weighted by atomic mass is 32.2. The molecule has 0 spiro atoms. The van der Waals surface area contributed by atoms with Crippen molar-refractivity contribution in [3.63, 3.8) is 0 Å². The standard InChI is InChI=1S/C15H18N2S/c1-11-7-8-12(2)17(11)16-10-14-9-13-5-3-4-6-15(13)18-14/h3-8,14,16H,9-10H2,1-2H3. The van der Waals surface area contributed by atoms with Crippen LogP contribution in [0.15, 0.2) is 41.3 Å². The number of thioether (sulfide) groups is 1. The number of benzene rings is 1. The van der Waals surface area contributed by atoms with Gasteiger partial charge in [0, 0.05) is 28.1 Å². The van der Waals surface area contributed by atoms with E-state index in [1.54, 1.807) is 0 Å². The second-order valence-corrected chi connectivity index (χ2v) is 6.21. The second kappa shape index (κ2) is 4.73. The lowest BCUT2D eigenvalue weighted by Crippen LogP contribution is -2.25. The summed E-state index contributed by atoms with van der Waals surface area (Å²) >= 11 is 1.99. The fourth-order valence-electron chi connectivity index (χ4n) is 2.48. The number of nitrogens with zero attached hydrogens (tertiary/aromatic N) is 1. The Hall–Kier alpha value is -1.35. The van der Waals surface area contributed by atoms with Crippen LogP contribution in [-0.4, -0.2) is 16.5 Å². The third-order valence-corrected chi connectivity index (χ3v) is 4.78. The monoisotopic (exact) mass is 258 g/mol. The Labute approximate surface area is 112 Å². The maximum absolute atomic E-state index is 3.53. The van der Waals surface area contributed by atoms with Gasteiger partial charge in [-0.25, -0.2) is 0 Å². The lowest BCUT2D eigenvalue weighted by molar-refractivity contribution is 0.757. The van der Waals surface area contributed by atoms with Crippen molar-refractivity contribution in [2.24, 2.45) is 0 Å². The van der Waals surface area contributed by atoms with E-state index >= 15 is 0 Å². The molecule has 1 aromatic carbocycles. The van der Waals surface area contributed by atoms with Gasteiger partial charge in [0.25, 0.3) is 0 Å². The van der Waals surface area contributed by atoms with Gasteiger partial charge in [-0.15, -0.1) is 11.8 Å². The summed E-state index contributed by atoms with van der Waals surface area (Å²) in [5, 5.41) is 0.642. The lowest BCUT2D eigenvalue weighted by Gasteiger charge is -2.15. The Kier molecular flexibility index (Phi) is 3.08. The molecule has 0 saturated carbocycles. The molecular weight excluding hydrogens is 240 g/mol. The number of aryl methyl sites for hydroxylation is 2. The Balaban J connectivity index is 1.64. The molecule has 18 heavy (non-hydrogen) atoms. The summed E-state index contributed by atoms with van der Waals surface area (Å²) in [6.45, 7) is 5.28. The van der Waals surface area contributed by atoms with Crippen LogP contribution in [0, 0.1) is 13.8 Å². The zero-order chi connectivity index (χ0) is 12.5. The van der Waals surface area contributed by atoms with Gasteiger partial charge in [-0.3, -0.25) is 4.68 Å². The summed E-state index contributed by atoms with van der Waals surface area (Å²) in [6, 6.07) is 13.0. The minimum Gasteiger partial charge on any atom is -0.325 e. The smallest absolute Gasteiger partial charge is 0.0439 e. The highest BCUT2D eigenvalue weighted by Gasteiger charge is 2.21. The molecule has 0 fully saturated rings. The van der Waals surface area contributed by atoms with Gasteiger partial charge in [0.2, 0.25) is 0 Å². The minimum absolute atomic E-state index is 0.642. The highest BCUT2D eigenvalue weighted by molar-refractivity contribution is 8.00. The molecule has 2 heterocycles. The van der Waals surface area contributed by atoms with Crippen molar-refractivity contribution in [3.05, 3.63) is 53.3 Å². The van der Waals surface area contributed by atoms with E-state index in [4.69, 9.17) is 0 Å². The molecule has 0 radical (unpaired) electrons. The van der Waals surface area contributed by atoms with Crippen molar-refractivity contribution in [1.29, 1.82) is 0 Å². The predicted molar refractivity (Wildman–Crippen MR) is 77.9 cm³/mol. The predicted octanol–water partition coefficient (Wildman–Crippen LogP) is 3.37. The minimum atomic E-state index is 0.642. The molecule has 0 saturated heterocycles. The molecule has 0 amide bonds. The van der Waals surface area contributed by atoms with Crippen LogP contribution >= 0.6 is 11.8 Å². The first kappa shape index (κ1) is 11.7. The van der Waals surface area contributed by atoms with Gasteiger partial charge >= 0.3 is 0 Å². The maximum Gasteiger partial charge on any atom is 0.0439 e. The molecule has 3 rings (SSSR count). The molecule has 0 aliphatic carbocycles. The van der Waals surface area contributed by atoms with Gasteiger partial charge in [0.15, 0.2) is 0 Å². The summed E-state index contributed by atoms with van der Waals surface area (Å²) in [6.07, 6.45) is 1.17. The van der Waals surface area contributed by atoms with E-state index in [0.29, 0.717) is 5.25 Å². The largest absolute Gasteiger partial charge is 0.325 e. The molecule has 94 valence electrons. The van der Waals surface area contributed by atoms with E-state index in [2.05, 4.69) is 60.3 Å². The van der Waals surface area contributed by atoms with Crippen LogP contribution in [-0.2, 0) is 6.42 Å². The van der Waals surface area contributed by atoms with Crippen molar-refractivity contribution < 1.29 is 0 Å². The first-order chi connectivity index (χ1) is 8.74. The van der Waals surface area contributed by atoms with Crippen LogP contribution < -0.4 is 5.43 Å². The molecule has 1 N–H and O–H groups in total. The fraction of sp³-hybridized carbons (Fsp3) is 0.333. The first-order valence-electron chi connectivity index (χ1n) is 6.37. The van der Waals surface area contributed by atoms with Gasteiger partial charge in [-0.2, -0.15) is 0 Å². The number of hydrogen-bond acceptors (Lipinski definition) is 2. The van der Waals surface area contributed by atoms with Crippen LogP contribution in [0.2, 0.25) is 0 Å². The van der Waals surface area contributed by atoms with E-state index in [0.717, 1.165) is 6.54 Å². The molecule has 1 unspecified atom stereocenters. The average Bonchev–Trinajstić information content (AvgIpc) is 2.91. The molecule has 3 heteroatoms. The topological polar surface area (TPSA) is 17.0 Å². The number of fused-ring (bicyclic) bond motifs is 1. The third-order valence-electron chi connectivity index (χ3n) is 3.46. The molecule has 1 atom stereocenters. The van der Waals surface area contributed by atoms with E-state index in [9.17, 15) is 0 Å². The van der Waals surface area contributed by atoms with E-state index in [1.165, 1.54) is 28.3 Å². The Morgan fingerprint density at radius 3 is 2.61 bits per heavy atom. The second-order valence-electron chi connectivity index (χ2n) is 4.87. The molecule has 0 bridgehead atoms. The van der Waals surface area contributed by atoms with Crippen molar-refractivity contribution >= 4 is 11.8 Å². The summed E-state index contributed by atoms with van der Waals surface area (Å²) < 4.78 is 2.18. The average molecular weight is 258 g/mol. The van der Waals surface area contributed by atoms with Crippen LogP contribution in [0.25, 0.3) is 0 Å². The fourth-order valence-corrected chi connectivity index (χ4v) is 3.72. The van der Waals surface area contributed by atoms with Crippen LogP contribution in [0.5, 0.6) is 0 Å². The molecule has 1 aliphatic heterocycles. The Bertz CT molecular complexity index is 515. The molecule has 1 aliphatic rings. The van der Waals surface area contributed by atoms with Gasteiger partial charge in [0.1, 0.15) is 0 Å². The third kappa shape index (κ3) is 2.15. The van der Waals surface area contributed by atoms with Crippen molar-refractivity contribution in [2.75, 3.05) is 12.0 Å². The normalized spacial score (nSPS) is 17.8. The number of aromatic nitrogens is 1. The van der Waals surface area contributed by atoms with Crippen LogP contribution in [0.4, 0.5) is 0 Å². The summed E-state index contributed by atoms with van der Waals surface area (Å²) in [5.41, 5.74) is 7.57. The molecule has 1 aromatic heterocycles.